The number of aliphatic hydroxyl groups excluding tert-OH is 1. The Labute approximate surface area is 410 Å². The van der Waals surface area contributed by atoms with E-state index in [0.717, 1.165) is 0 Å². The Morgan fingerprint density at radius 1 is 0.926 bits per heavy atom. The number of methoxy groups -OCH3 is 2. The number of aliphatic hydroxyl groups is 1. The standard InChI is InChI=1S/C48H75N7O11S2/c1-14-30(6)42(37(64-12)25-39(56)54-24-18-21-36(54)44(65-13)32(8)45(58)50-33(9)43(57)34-19-16-15-17-20-34)52(10)47(60)40(28(2)3)51-46(59)41(29(4)5)53(11)48(61)66-27-31(7)67-68-38-23-22-35(26-49-38)55(62)63/h15-17,19-20,22-23,26,28-33,36-37,40-44,57H,14,18,21,24-25,27H2,1-13H3,(H,50,58)(H,51,59)/t30-,31+,32+,33+,36-,37+,40-,41-,42-,43+,44+/m0/s1. The summed E-state index contributed by atoms with van der Waals surface area (Å²) in [5, 5.41) is 28.1. The number of ether oxygens (including phenoxy) is 3. The Bertz CT molecular complexity index is 1950. The van der Waals surface area contributed by atoms with Gasteiger partial charge in [-0.25, -0.2) is 9.78 Å². The molecule has 11 atom stereocenters. The van der Waals surface area contributed by atoms with Crippen LogP contribution >= 0.6 is 21.6 Å². The molecule has 0 aliphatic carbocycles. The number of carbonyl (C=O) groups excluding carboxylic acids is 5. The van der Waals surface area contributed by atoms with E-state index < -0.39 is 71.4 Å². The Morgan fingerprint density at radius 2 is 1.59 bits per heavy atom. The lowest BCUT2D eigenvalue weighted by Crippen LogP contribution is -2.60. The van der Waals surface area contributed by atoms with Crippen LogP contribution in [-0.4, -0.2) is 149 Å². The molecule has 1 fully saturated rings. The summed E-state index contributed by atoms with van der Waals surface area (Å²) in [5.74, 6) is -2.92. The molecule has 18 nitrogen and oxygen atoms in total. The third kappa shape index (κ3) is 15.8. The highest BCUT2D eigenvalue weighted by Crippen LogP contribution is 2.34. The summed E-state index contributed by atoms with van der Waals surface area (Å²) in [5.41, 5.74) is 0.569. The summed E-state index contributed by atoms with van der Waals surface area (Å²) in [6.07, 6.45) is 0.112. The summed E-state index contributed by atoms with van der Waals surface area (Å²) in [4.78, 5) is 89.0. The monoisotopic (exact) mass is 989 g/mol. The van der Waals surface area contributed by atoms with E-state index in [1.807, 2.05) is 52.8 Å². The zero-order valence-electron chi connectivity index (χ0n) is 41.9. The highest BCUT2D eigenvalue weighted by molar-refractivity contribution is 8.76. The maximum atomic E-state index is 14.6. The lowest BCUT2D eigenvalue weighted by Gasteiger charge is -2.41. The van der Waals surface area contributed by atoms with E-state index in [1.54, 1.807) is 62.7 Å². The molecule has 0 unspecified atom stereocenters. The van der Waals surface area contributed by atoms with Crippen LogP contribution in [0.4, 0.5) is 10.5 Å². The molecule has 3 rings (SSSR count). The van der Waals surface area contributed by atoms with Gasteiger partial charge >= 0.3 is 6.09 Å². The summed E-state index contributed by atoms with van der Waals surface area (Å²) < 4.78 is 17.6. The third-order valence-electron chi connectivity index (χ3n) is 12.7. The van der Waals surface area contributed by atoms with Gasteiger partial charge in [-0.2, -0.15) is 0 Å². The van der Waals surface area contributed by atoms with Crippen molar-refractivity contribution in [3.05, 3.63) is 64.3 Å². The van der Waals surface area contributed by atoms with Crippen molar-refractivity contribution in [2.75, 3.05) is 41.5 Å². The fourth-order valence-corrected chi connectivity index (χ4v) is 10.5. The molecular weight excluding hydrogens is 915 g/mol. The van der Waals surface area contributed by atoms with E-state index >= 15 is 0 Å². The fraction of sp³-hybridized carbons (Fsp3) is 0.667. The molecule has 1 aliphatic heterocycles. The summed E-state index contributed by atoms with van der Waals surface area (Å²) in [7, 11) is 8.84. The Kier molecular flexibility index (Phi) is 23.5. The van der Waals surface area contributed by atoms with Crippen LogP contribution in [-0.2, 0) is 33.4 Å². The maximum absolute atomic E-state index is 14.6. The quantitative estimate of drug-likeness (QED) is 0.0520. The van der Waals surface area contributed by atoms with Crippen molar-refractivity contribution in [3.63, 3.8) is 0 Å². The minimum atomic E-state index is -0.992. The fourth-order valence-electron chi connectivity index (χ4n) is 8.67. The number of nitrogens with zero attached hydrogens (tertiary/aromatic N) is 5. The maximum Gasteiger partial charge on any atom is 0.410 e. The van der Waals surface area contributed by atoms with Gasteiger partial charge in [-0.1, -0.05) is 96.0 Å². The van der Waals surface area contributed by atoms with Gasteiger partial charge in [0.1, 0.15) is 29.9 Å². The molecule has 5 amide bonds. The van der Waals surface area contributed by atoms with Crippen molar-refractivity contribution in [2.24, 2.45) is 23.7 Å². The number of likely N-dealkylation sites (tertiary alicyclic amines) is 1. The van der Waals surface area contributed by atoms with Crippen molar-refractivity contribution in [1.82, 2.24) is 30.3 Å². The number of pyridine rings is 1. The van der Waals surface area contributed by atoms with Crippen LogP contribution in [0.1, 0.15) is 99.7 Å². The number of amides is 5. The second-order valence-electron chi connectivity index (χ2n) is 18.5. The molecule has 1 aromatic carbocycles. The first kappa shape index (κ1) is 57.8. The van der Waals surface area contributed by atoms with Crippen LogP contribution < -0.4 is 10.6 Å². The van der Waals surface area contributed by atoms with Crippen molar-refractivity contribution < 1.29 is 48.2 Å². The number of aromatic nitrogens is 1. The molecule has 2 heterocycles. The van der Waals surface area contributed by atoms with Gasteiger partial charge in [-0.05, 0) is 66.9 Å². The number of hydrogen-bond donors (Lipinski definition) is 3. The van der Waals surface area contributed by atoms with Gasteiger partial charge in [-0.3, -0.25) is 34.2 Å². The number of nitro groups is 1. The van der Waals surface area contributed by atoms with Crippen LogP contribution in [0.25, 0.3) is 0 Å². The van der Waals surface area contributed by atoms with Crippen LogP contribution in [0, 0.1) is 33.8 Å². The lowest BCUT2D eigenvalue weighted by molar-refractivity contribution is -0.385. The molecule has 0 spiro atoms. The van der Waals surface area contributed by atoms with E-state index in [2.05, 4.69) is 15.6 Å². The largest absolute Gasteiger partial charge is 0.448 e. The number of rotatable bonds is 26. The second-order valence-corrected chi connectivity index (χ2v) is 21.1. The predicted octanol–water partition coefficient (Wildman–Crippen LogP) is 6.51. The number of likely N-dealkylation sites (N-methyl/N-ethyl adjacent to an activating group) is 2. The second kappa shape index (κ2) is 27.6. The molecule has 0 bridgehead atoms. The molecule has 2 aromatic rings. The molecule has 380 valence electrons. The normalized spacial score (nSPS) is 18.3. The molecule has 3 N–H and O–H groups in total. The highest BCUT2D eigenvalue weighted by Gasteiger charge is 2.44. The van der Waals surface area contributed by atoms with Gasteiger partial charge in [0, 0.05) is 46.2 Å². The van der Waals surface area contributed by atoms with E-state index in [-0.39, 0.29) is 59.4 Å². The average molecular weight is 990 g/mol. The van der Waals surface area contributed by atoms with Gasteiger partial charge in [-0.15, -0.1) is 0 Å². The van der Waals surface area contributed by atoms with Crippen LogP contribution in [0.5, 0.6) is 0 Å². The SMILES string of the molecule is CC[C@H](C)[C@@H]([C@@H](CC(=O)N1CCC[C@H]1[C@H](OC)[C@@H](C)C(=O)N[C@H](C)[C@@H](O)c1ccccc1)OC)N(C)C(=O)[C@@H](NC(=O)[C@H](C(C)C)N(C)C(=O)OC[C@@H](C)SSc1ccc([N+](=O)[O-])cn1)C(C)C. The predicted molar refractivity (Wildman–Crippen MR) is 263 cm³/mol. The number of carbonyl (C=O) groups is 5. The van der Waals surface area contributed by atoms with Crippen LogP contribution in [0.15, 0.2) is 53.7 Å². The number of benzene rings is 1. The van der Waals surface area contributed by atoms with E-state index in [4.69, 9.17) is 14.2 Å². The zero-order valence-corrected chi connectivity index (χ0v) is 43.6. The molecule has 20 heteroatoms. The zero-order chi connectivity index (χ0) is 51.0. The molecule has 1 aliphatic rings. The molecular formula is C48H75N7O11S2. The van der Waals surface area contributed by atoms with Crippen molar-refractivity contribution in [3.8, 4) is 0 Å². The summed E-state index contributed by atoms with van der Waals surface area (Å²) in [6, 6.07) is 8.48. The first-order chi connectivity index (χ1) is 32.1. The van der Waals surface area contributed by atoms with Gasteiger partial charge in [0.25, 0.3) is 5.69 Å². The van der Waals surface area contributed by atoms with E-state index in [1.165, 1.54) is 60.0 Å². The van der Waals surface area contributed by atoms with Crippen LogP contribution in [0.3, 0.4) is 0 Å². The molecule has 0 saturated carbocycles. The van der Waals surface area contributed by atoms with Crippen molar-refractivity contribution in [1.29, 1.82) is 0 Å². The number of hydrogen-bond acceptors (Lipinski definition) is 14. The minimum Gasteiger partial charge on any atom is -0.448 e. The van der Waals surface area contributed by atoms with Crippen molar-refractivity contribution >= 4 is 57.0 Å². The molecule has 68 heavy (non-hydrogen) atoms. The first-order valence-electron chi connectivity index (χ1n) is 23.4. The Hall–Kier alpha value is -4.50. The average Bonchev–Trinajstić information content (AvgIpc) is 3.80. The van der Waals surface area contributed by atoms with Gasteiger partial charge in [0.05, 0.1) is 53.7 Å². The summed E-state index contributed by atoms with van der Waals surface area (Å²) >= 11 is 0. The van der Waals surface area contributed by atoms with Crippen molar-refractivity contribution in [2.45, 2.75) is 147 Å². The topological polar surface area (TPSA) is 223 Å². The molecule has 0 radical (unpaired) electrons. The van der Waals surface area contributed by atoms with Crippen LogP contribution in [0.2, 0.25) is 0 Å². The smallest absolute Gasteiger partial charge is 0.410 e. The minimum absolute atomic E-state index is 0.0146. The van der Waals surface area contributed by atoms with Gasteiger partial charge in [0.15, 0.2) is 0 Å². The van der Waals surface area contributed by atoms with Gasteiger partial charge < -0.3 is 39.8 Å². The number of nitrogens with one attached hydrogen (secondary N) is 2. The first-order valence-corrected chi connectivity index (χ1v) is 25.6. The summed E-state index contributed by atoms with van der Waals surface area (Å²) in [6.45, 7) is 17.0. The highest BCUT2D eigenvalue weighted by atomic mass is 33.1. The van der Waals surface area contributed by atoms with E-state index in [0.29, 0.717) is 36.4 Å². The third-order valence-corrected chi connectivity index (χ3v) is 15.5. The van der Waals surface area contributed by atoms with E-state index in [9.17, 15) is 39.2 Å². The Balaban J connectivity index is 1.70. The molecule has 1 saturated heterocycles. The lowest BCUT2D eigenvalue weighted by atomic mass is 9.89. The Morgan fingerprint density at radius 3 is 2.13 bits per heavy atom. The molecule has 1 aromatic heterocycles. The van der Waals surface area contributed by atoms with Gasteiger partial charge in [0.2, 0.25) is 23.6 Å².